The molecule has 92 valence electrons. The molecule has 0 unspecified atom stereocenters. The number of amides is 1. The Kier molecular flexibility index (Phi) is 4.28. The second-order valence-corrected chi connectivity index (χ2v) is 5.16. The van der Waals surface area contributed by atoms with E-state index in [1.54, 1.807) is 12.1 Å². The molecule has 0 bridgehead atoms. The second-order valence-electron chi connectivity index (χ2n) is 4.11. The van der Waals surface area contributed by atoms with Crippen LogP contribution < -0.4 is 10.6 Å². The highest BCUT2D eigenvalue weighted by Crippen LogP contribution is 2.20. The first-order valence-electron chi connectivity index (χ1n) is 5.63. The van der Waals surface area contributed by atoms with Gasteiger partial charge in [0, 0.05) is 30.4 Å². The van der Waals surface area contributed by atoms with E-state index in [1.165, 1.54) is 11.8 Å². The zero-order valence-corrected chi connectivity index (χ0v) is 10.3. The molecule has 3 N–H and O–H groups in total. The fraction of sp³-hybridized carbons (Fsp3) is 0.417. The van der Waals surface area contributed by atoms with Crippen LogP contribution in [-0.4, -0.2) is 36.4 Å². The van der Waals surface area contributed by atoms with Crippen molar-refractivity contribution < 1.29 is 9.90 Å². The number of phenolic OH excluding ortho intramolecular Hbond substituents is 1. The van der Waals surface area contributed by atoms with Crippen LogP contribution >= 0.6 is 11.8 Å². The molecule has 1 saturated heterocycles. The lowest BCUT2D eigenvalue weighted by atomic mass is 10.0. The van der Waals surface area contributed by atoms with Crippen molar-refractivity contribution in [3.8, 4) is 5.75 Å². The third-order valence-electron chi connectivity index (χ3n) is 2.66. The van der Waals surface area contributed by atoms with E-state index in [9.17, 15) is 4.79 Å². The lowest BCUT2D eigenvalue weighted by Crippen LogP contribution is -2.48. The SMILES string of the molecule is O=C(CSc1ccc(O)cc1)NCC1CNC1. The Morgan fingerprint density at radius 3 is 2.71 bits per heavy atom. The Hall–Kier alpha value is -1.20. The molecular weight excluding hydrogens is 236 g/mol. The van der Waals surface area contributed by atoms with Crippen LogP contribution in [0.15, 0.2) is 29.2 Å². The molecule has 1 fully saturated rings. The smallest absolute Gasteiger partial charge is 0.230 e. The van der Waals surface area contributed by atoms with Gasteiger partial charge < -0.3 is 15.7 Å². The van der Waals surface area contributed by atoms with Gasteiger partial charge in [0.05, 0.1) is 5.75 Å². The zero-order valence-electron chi connectivity index (χ0n) is 9.48. The molecule has 1 amide bonds. The number of nitrogens with one attached hydrogen (secondary N) is 2. The highest BCUT2D eigenvalue weighted by molar-refractivity contribution is 8.00. The Morgan fingerprint density at radius 1 is 1.41 bits per heavy atom. The minimum Gasteiger partial charge on any atom is -0.508 e. The van der Waals surface area contributed by atoms with E-state index in [2.05, 4.69) is 10.6 Å². The number of benzene rings is 1. The molecule has 0 atom stereocenters. The van der Waals surface area contributed by atoms with Gasteiger partial charge in [0.2, 0.25) is 5.91 Å². The number of hydrogen-bond acceptors (Lipinski definition) is 4. The molecule has 1 aromatic rings. The molecule has 0 spiro atoms. The van der Waals surface area contributed by atoms with Crippen LogP contribution in [0.3, 0.4) is 0 Å². The van der Waals surface area contributed by atoms with Crippen LogP contribution in [0.5, 0.6) is 5.75 Å². The largest absolute Gasteiger partial charge is 0.508 e. The quantitative estimate of drug-likeness (QED) is 0.679. The fourth-order valence-corrected chi connectivity index (χ4v) is 2.22. The number of rotatable bonds is 5. The van der Waals surface area contributed by atoms with Crippen molar-refractivity contribution in [3.05, 3.63) is 24.3 Å². The summed E-state index contributed by atoms with van der Waals surface area (Å²) in [7, 11) is 0. The molecule has 2 rings (SSSR count). The highest BCUT2D eigenvalue weighted by atomic mass is 32.2. The van der Waals surface area contributed by atoms with Crippen molar-refractivity contribution in [2.45, 2.75) is 4.90 Å². The van der Waals surface area contributed by atoms with E-state index in [1.807, 2.05) is 12.1 Å². The second kappa shape index (κ2) is 5.93. The molecule has 1 aliphatic heterocycles. The van der Waals surface area contributed by atoms with Gasteiger partial charge in [-0.1, -0.05) is 0 Å². The standard InChI is InChI=1S/C12H16N2O2S/c15-10-1-3-11(4-2-10)17-8-12(16)14-7-9-5-13-6-9/h1-4,9,13,15H,5-8H2,(H,14,16). The van der Waals surface area contributed by atoms with Gasteiger partial charge in [-0.15, -0.1) is 11.8 Å². The summed E-state index contributed by atoms with van der Waals surface area (Å²) in [6.07, 6.45) is 0. The number of carbonyl (C=O) groups excluding carboxylic acids is 1. The third kappa shape index (κ3) is 3.94. The number of carbonyl (C=O) groups is 1. The normalized spacial score (nSPS) is 15.3. The average Bonchev–Trinajstić information content (AvgIpc) is 2.26. The Bertz CT molecular complexity index is 377. The van der Waals surface area contributed by atoms with Crippen molar-refractivity contribution >= 4 is 17.7 Å². The third-order valence-corrected chi connectivity index (χ3v) is 3.67. The van der Waals surface area contributed by atoms with Crippen molar-refractivity contribution in [2.24, 2.45) is 5.92 Å². The van der Waals surface area contributed by atoms with Crippen LogP contribution in [-0.2, 0) is 4.79 Å². The molecule has 17 heavy (non-hydrogen) atoms. The summed E-state index contributed by atoms with van der Waals surface area (Å²) in [6.45, 7) is 2.78. The van der Waals surface area contributed by atoms with Crippen LogP contribution in [0, 0.1) is 5.92 Å². The van der Waals surface area contributed by atoms with Crippen LogP contribution in [0.25, 0.3) is 0 Å². The van der Waals surface area contributed by atoms with Crippen molar-refractivity contribution in [1.29, 1.82) is 0 Å². The number of phenols is 1. The maximum Gasteiger partial charge on any atom is 0.230 e. The first-order valence-corrected chi connectivity index (χ1v) is 6.62. The fourth-order valence-electron chi connectivity index (χ4n) is 1.49. The summed E-state index contributed by atoms with van der Waals surface area (Å²) in [6, 6.07) is 6.87. The van der Waals surface area contributed by atoms with Gasteiger partial charge in [0.1, 0.15) is 5.75 Å². The van der Waals surface area contributed by atoms with E-state index < -0.39 is 0 Å². The predicted octanol–water partition coefficient (Wildman–Crippen LogP) is 0.820. The van der Waals surface area contributed by atoms with Gasteiger partial charge in [0.25, 0.3) is 0 Å². The summed E-state index contributed by atoms with van der Waals surface area (Å²) in [4.78, 5) is 12.5. The Morgan fingerprint density at radius 2 is 2.12 bits per heavy atom. The van der Waals surface area contributed by atoms with E-state index in [0.29, 0.717) is 11.7 Å². The monoisotopic (exact) mass is 252 g/mol. The summed E-state index contributed by atoms with van der Waals surface area (Å²) in [5, 5.41) is 15.2. The van der Waals surface area contributed by atoms with E-state index in [-0.39, 0.29) is 11.7 Å². The van der Waals surface area contributed by atoms with Gasteiger partial charge in [-0.25, -0.2) is 0 Å². The van der Waals surface area contributed by atoms with Gasteiger partial charge in [-0.05, 0) is 24.3 Å². The molecule has 1 aliphatic rings. The molecule has 1 aromatic carbocycles. The van der Waals surface area contributed by atoms with Gasteiger partial charge in [-0.2, -0.15) is 0 Å². The lowest BCUT2D eigenvalue weighted by Gasteiger charge is -2.27. The number of thioether (sulfide) groups is 1. The van der Waals surface area contributed by atoms with Crippen LogP contribution in [0.2, 0.25) is 0 Å². The molecule has 0 saturated carbocycles. The number of aromatic hydroxyl groups is 1. The van der Waals surface area contributed by atoms with E-state index in [4.69, 9.17) is 5.11 Å². The molecule has 0 aromatic heterocycles. The average molecular weight is 252 g/mol. The van der Waals surface area contributed by atoms with Crippen molar-refractivity contribution in [2.75, 3.05) is 25.4 Å². The minimum atomic E-state index is 0.0648. The summed E-state index contributed by atoms with van der Waals surface area (Å²) in [5.41, 5.74) is 0. The predicted molar refractivity (Wildman–Crippen MR) is 68.2 cm³/mol. The highest BCUT2D eigenvalue weighted by Gasteiger charge is 2.16. The van der Waals surface area contributed by atoms with Crippen LogP contribution in [0.4, 0.5) is 0 Å². The van der Waals surface area contributed by atoms with Crippen molar-refractivity contribution in [3.63, 3.8) is 0 Å². The van der Waals surface area contributed by atoms with Crippen LogP contribution in [0.1, 0.15) is 0 Å². The molecule has 0 aliphatic carbocycles. The molecule has 4 nitrogen and oxygen atoms in total. The number of hydrogen-bond donors (Lipinski definition) is 3. The first-order chi connectivity index (χ1) is 8.24. The van der Waals surface area contributed by atoms with E-state index in [0.717, 1.165) is 24.5 Å². The first kappa shape index (κ1) is 12.3. The molecule has 1 heterocycles. The Labute approximate surface area is 105 Å². The Balaban J connectivity index is 1.66. The summed E-state index contributed by atoms with van der Waals surface area (Å²) >= 11 is 1.48. The molecule has 5 heteroatoms. The minimum absolute atomic E-state index is 0.0648. The summed E-state index contributed by atoms with van der Waals surface area (Å²) in [5.74, 6) is 1.33. The lowest BCUT2D eigenvalue weighted by molar-refractivity contribution is -0.118. The van der Waals surface area contributed by atoms with Gasteiger partial charge in [-0.3, -0.25) is 4.79 Å². The van der Waals surface area contributed by atoms with Gasteiger partial charge >= 0.3 is 0 Å². The van der Waals surface area contributed by atoms with Gasteiger partial charge in [0.15, 0.2) is 0 Å². The molecular formula is C12H16N2O2S. The van der Waals surface area contributed by atoms with Crippen molar-refractivity contribution in [1.82, 2.24) is 10.6 Å². The summed E-state index contributed by atoms with van der Waals surface area (Å²) < 4.78 is 0. The molecule has 0 radical (unpaired) electrons. The maximum absolute atomic E-state index is 11.5. The zero-order chi connectivity index (χ0) is 12.1. The maximum atomic E-state index is 11.5. The van der Waals surface area contributed by atoms with E-state index >= 15 is 0 Å². The topological polar surface area (TPSA) is 61.4 Å².